The van der Waals surface area contributed by atoms with Crippen LogP contribution in [0.5, 0.6) is 5.75 Å². The van der Waals surface area contributed by atoms with Crippen LogP contribution in [0.2, 0.25) is 5.02 Å². The molecule has 1 rings (SSSR count). The number of methoxy groups -OCH3 is 1. The smallest absolute Gasteiger partial charge is 0.308 e. The fourth-order valence-electron chi connectivity index (χ4n) is 1.21. The third-order valence-corrected chi connectivity index (χ3v) is 2.35. The van der Waals surface area contributed by atoms with Crippen molar-refractivity contribution >= 4 is 17.6 Å². The maximum absolute atomic E-state index is 10.9. The van der Waals surface area contributed by atoms with Gasteiger partial charge in [-0.05, 0) is 6.07 Å². The fourth-order valence-corrected chi connectivity index (χ4v) is 1.46. The van der Waals surface area contributed by atoms with Gasteiger partial charge in [0.1, 0.15) is 5.75 Å². The molecule has 0 amide bonds. The van der Waals surface area contributed by atoms with Crippen LogP contribution in [-0.2, 0) is 16.1 Å². The second-order valence-corrected chi connectivity index (χ2v) is 3.51. The van der Waals surface area contributed by atoms with Gasteiger partial charge in [-0.25, -0.2) is 0 Å². The van der Waals surface area contributed by atoms with Crippen LogP contribution >= 0.6 is 11.6 Å². The molecular formula is C11H14ClNO3. The highest BCUT2D eigenvalue weighted by Gasteiger charge is 2.08. The van der Waals surface area contributed by atoms with E-state index in [9.17, 15) is 4.79 Å². The van der Waals surface area contributed by atoms with Crippen LogP contribution in [0.25, 0.3) is 0 Å². The van der Waals surface area contributed by atoms with Gasteiger partial charge >= 0.3 is 5.97 Å². The minimum absolute atomic E-state index is 0.186. The molecule has 0 aliphatic carbocycles. The third kappa shape index (κ3) is 3.40. The molecule has 2 N–H and O–H groups in total. The quantitative estimate of drug-likeness (QED) is 0.801. The Labute approximate surface area is 99.3 Å². The number of hydrogen-bond donors (Lipinski definition) is 1. The number of ether oxygens (including phenoxy) is 2. The van der Waals surface area contributed by atoms with E-state index >= 15 is 0 Å². The number of nitrogens with two attached hydrogens (primary N) is 1. The zero-order valence-electron chi connectivity index (χ0n) is 9.03. The van der Waals surface area contributed by atoms with E-state index in [-0.39, 0.29) is 19.0 Å². The molecule has 0 heterocycles. The first-order chi connectivity index (χ1) is 7.69. The number of carbonyl (C=O) groups excluding carboxylic acids is 1. The van der Waals surface area contributed by atoms with Gasteiger partial charge in [-0.2, -0.15) is 0 Å². The summed E-state index contributed by atoms with van der Waals surface area (Å²) in [6, 6.07) is 5.35. The van der Waals surface area contributed by atoms with E-state index in [0.717, 1.165) is 5.56 Å². The van der Waals surface area contributed by atoms with Gasteiger partial charge in [-0.1, -0.05) is 23.7 Å². The fraction of sp³-hybridized carbons (Fsp3) is 0.364. The van der Waals surface area contributed by atoms with E-state index in [1.807, 2.05) is 6.07 Å². The van der Waals surface area contributed by atoms with Gasteiger partial charge in [0.25, 0.3) is 0 Å². The van der Waals surface area contributed by atoms with Crippen LogP contribution in [0.15, 0.2) is 18.2 Å². The SMILES string of the molecule is COC(=O)CCOc1c(Cl)cccc1CN. The van der Waals surface area contributed by atoms with Gasteiger partial charge in [-0.3, -0.25) is 4.79 Å². The Hall–Kier alpha value is -1.26. The predicted octanol–water partition coefficient (Wildman–Crippen LogP) is 1.74. The first kappa shape index (κ1) is 12.8. The Morgan fingerprint density at radius 2 is 2.25 bits per heavy atom. The Balaban J connectivity index is 2.62. The normalized spacial score (nSPS) is 9.94. The zero-order chi connectivity index (χ0) is 12.0. The van der Waals surface area contributed by atoms with Crippen molar-refractivity contribution < 1.29 is 14.3 Å². The van der Waals surface area contributed by atoms with Gasteiger partial charge in [0, 0.05) is 12.1 Å². The molecule has 0 fully saturated rings. The Morgan fingerprint density at radius 1 is 1.50 bits per heavy atom. The summed E-state index contributed by atoms with van der Waals surface area (Å²) >= 11 is 5.96. The highest BCUT2D eigenvalue weighted by Crippen LogP contribution is 2.28. The van der Waals surface area contributed by atoms with Crippen molar-refractivity contribution in [1.82, 2.24) is 0 Å². The molecule has 0 radical (unpaired) electrons. The van der Waals surface area contributed by atoms with Crippen LogP contribution in [-0.4, -0.2) is 19.7 Å². The molecule has 88 valence electrons. The molecule has 0 aromatic heterocycles. The average molecular weight is 244 g/mol. The van der Waals surface area contributed by atoms with E-state index in [1.165, 1.54) is 7.11 Å². The summed E-state index contributed by atoms with van der Waals surface area (Å²) in [6.07, 6.45) is 0.186. The van der Waals surface area contributed by atoms with Crippen LogP contribution in [0.4, 0.5) is 0 Å². The van der Waals surface area contributed by atoms with Crippen molar-refractivity contribution in [3.8, 4) is 5.75 Å². The topological polar surface area (TPSA) is 61.5 Å². The molecule has 0 bridgehead atoms. The Bertz CT molecular complexity index is 368. The van der Waals surface area contributed by atoms with E-state index < -0.39 is 0 Å². The largest absolute Gasteiger partial charge is 0.491 e. The molecule has 0 aliphatic rings. The van der Waals surface area contributed by atoms with Crippen molar-refractivity contribution in [3.05, 3.63) is 28.8 Å². The van der Waals surface area contributed by atoms with Crippen molar-refractivity contribution in [2.75, 3.05) is 13.7 Å². The minimum Gasteiger partial charge on any atom is -0.491 e. The number of rotatable bonds is 5. The van der Waals surface area contributed by atoms with Gasteiger partial charge in [-0.15, -0.1) is 0 Å². The molecule has 4 nitrogen and oxygen atoms in total. The van der Waals surface area contributed by atoms with Crippen molar-refractivity contribution in [2.24, 2.45) is 5.73 Å². The molecule has 0 aliphatic heterocycles. The van der Waals surface area contributed by atoms with Crippen molar-refractivity contribution in [2.45, 2.75) is 13.0 Å². The molecule has 5 heteroatoms. The van der Waals surface area contributed by atoms with Crippen LogP contribution in [0.1, 0.15) is 12.0 Å². The number of esters is 1. The molecular weight excluding hydrogens is 230 g/mol. The van der Waals surface area contributed by atoms with E-state index in [2.05, 4.69) is 4.74 Å². The number of para-hydroxylation sites is 1. The maximum Gasteiger partial charge on any atom is 0.308 e. The summed E-state index contributed by atoms with van der Waals surface area (Å²) in [6.45, 7) is 0.567. The lowest BCUT2D eigenvalue weighted by atomic mass is 10.2. The Morgan fingerprint density at radius 3 is 2.88 bits per heavy atom. The molecule has 1 aromatic rings. The summed E-state index contributed by atoms with van der Waals surface area (Å²) in [5, 5.41) is 0.493. The number of halogens is 1. The van der Waals surface area contributed by atoms with Crippen LogP contribution in [0, 0.1) is 0 Å². The molecule has 16 heavy (non-hydrogen) atoms. The lowest BCUT2D eigenvalue weighted by Gasteiger charge is -2.11. The standard InChI is InChI=1S/C11H14ClNO3/c1-15-10(14)5-6-16-11-8(7-13)3-2-4-9(11)12/h2-4H,5-7,13H2,1H3. The van der Waals surface area contributed by atoms with Gasteiger partial charge in [0.05, 0.1) is 25.2 Å². The predicted molar refractivity (Wildman–Crippen MR) is 61.5 cm³/mol. The maximum atomic E-state index is 10.9. The van der Waals surface area contributed by atoms with Gasteiger partial charge < -0.3 is 15.2 Å². The summed E-state index contributed by atoms with van der Waals surface area (Å²) < 4.78 is 9.92. The van der Waals surface area contributed by atoms with Gasteiger partial charge in [0.15, 0.2) is 0 Å². The van der Waals surface area contributed by atoms with Crippen LogP contribution < -0.4 is 10.5 Å². The second-order valence-electron chi connectivity index (χ2n) is 3.11. The third-order valence-electron chi connectivity index (χ3n) is 2.05. The van der Waals surface area contributed by atoms with E-state index in [4.69, 9.17) is 22.1 Å². The molecule has 0 atom stereocenters. The zero-order valence-corrected chi connectivity index (χ0v) is 9.79. The molecule has 0 spiro atoms. The number of benzene rings is 1. The summed E-state index contributed by atoms with van der Waals surface area (Å²) in [5.74, 6) is 0.219. The van der Waals surface area contributed by atoms with Gasteiger partial charge in [0.2, 0.25) is 0 Å². The number of hydrogen-bond acceptors (Lipinski definition) is 4. The summed E-state index contributed by atoms with van der Waals surface area (Å²) in [5.41, 5.74) is 6.36. The van der Waals surface area contributed by atoms with Crippen LogP contribution in [0.3, 0.4) is 0 Å². The minimum atomic E-state index is -0.318. The lowest BCUT2D eigenvalue weighted by Crippen LogP contribution is -2.09. The van der Waals surface area contributed by atoms with E-state index in [0.29, 0.717) is 17.3 Å². The molecule has 0 saturated heterocycles. The van der Waals surface area contributed by atoms with Crippen molar-refractivity contribution in [3.63, 3.8) is 0 Å². The summed E-state index contributed by atoms with van der Waals surface area (Å²) in [4.78, 5) is 10.9. The van der Waals surface area contributed by atoms with E-state index in [1.54, 1.807) is 12.1 Å². The lowest BCUT2D eigenvalue weighted by molar-refractivity contribution is -0.141. The first-order valence-corrected chi connectivity index (χ1v) is 5.24. The summed E-state index contributed by atoms with van der Waals surface area (Å²) in [7, 11) is 1.34. The van der Waals surface area contributed by atoms with Crippen molar-refractivity contribution in [1.29, 1.82) is 0 Å². The highest BCUT2D eigenvalue weighted by molar-refractivity contribution is 6.32. The number of carbonyl (C=O) groups is 1. The second kappa shape index (κ2) is 6.35. The monoisotopic (exact) mass is 243 g/mol. The Kier molecular flexibility index (Phi) is 5.08. The highest BCUT2D eigenvalue weighted by atomic mass is 35.5. The average Bonchev–Trinajstić information content (AvgIpc) is 2.30. The first-order valence-electron chi connectivity index (χ1n) is 4.86. The molecule has 0 saturated carbocycles. The molecule has 0 unspecified atom stereocenters. The molecule has 1 aromatic carbocycles.